The Labute approximate surface area is 154 Å². The number of carbonyl (C=O) groups excluding carboxylic acids is 2. The molecule has 0 unspecified atom stereocenters. The van der Waals surface area contributed by atoms with Crippen molar-refractivity contribution >= 4 is 23.2 Å². The lowest BCUT2D eigenvalue weighted by Crippen LogP contribution is -2.41. The molecule has 3 rings (SSSR count). The number of nitrogens with zero attached hydrogens (tertiary/aromatic N) is 1. The van der Waals surface area contributed by atoms with Crippen molar-refractivity contribution in [2.24, 2.45) is 0 Å². The first kappa shape index (κ1) is 18.1. The van der Waals surface area contributed by atoms with Gasteiger partial charge in [0, 0.05) is 24.3 Å². The van der Waals surface area contributed by atoms with Crippen molar-refractivity contribution < 1.29 is 14.3 Å². The van der Waals surface area contributed by atoms with Crippen LogP contribution in [0.3, 0.4) is 0 Å². The minimum absolute atomic E-state index is 0.0215. The molecule has 0 spiro atoms. The summed E-state index contributed by atoms with van der Waals surface area (Å²) in [5, 5.41) is 2.91. The molecule has 0 aromatic heterocycles. The van der Waals surface area contributed by atoms with Gasteiger partial charge in [0.25, 0.3) is 5.91 Å². The summed E-state index contributed by atoms with van der Waals surface area (Å²) < 4.78 is 5.14. The first-order valence-corrected chi connectivity index (χ1v) is 9.04. The van der Waals surface area contributed by atoms with E-state index in [1.54, 1.807) is 4.90 Å². The highest BCUT2D eigenvalue weighted by Gasteiger charge is 2.19. The third-order valence-corrected chi connectivity index (χ3v) is 4.41. The summed E-state index contributed by atoms with van der Waals surface area (Å²) in [5.41, 5.74) is 2.89. The minimum Gasteiger partial charge on any atom is -0.370 e. The van der Waals surface area contributed by atoms with Crippen molar-refractivity contribution in [3.8, 4) is 0 Å². The van der Waals surface area contributed by atoms with Crippen LogP contribution in [0.25, 0.3) is 0 Å². The number of carbonyl (C=O) groups is 2. The Hall–Kier alpha value is -2.66. The zero-order chi connectivity index (χ0) is 18.2. The molecule has 1 aliphatic rings. The Bertz CT molecular complexity index is 729. The Balaban J connectivity index is 1.42. The summed E-state index contributed by atoms with van der Waals surface area (Å²) in [5.74, 6) is -0.0142. The first-order chi connectivity index (χ1) is 12.7. The van der Waals surface area contributed by atoms with Crippen LogP contribution in [0.5, 0.6) is 0 Å². The van der Waals surface area contributed by atoms with E-state index in [1.165, 1.54) is 5.56 Å². The van der Waals surface area contributed by atoms with Crippen LogP contribution in [0.1, 0.15) is 24.8 Å². The number of anilines is 2. The van der Waals surface area contributed by atoms with E-state index in [1.807, 2.05) is 42.5 Å². The molecule has 0 bridgehead atoms. The smallest absolute Gasteiger partial charge is 0.253 e. The van der Waals surface area contributed by atoms with Gasteiger partial charge in [-0.15, -0.1) is 0 Å². The van der Waals surface area contributed by atoms with Gasteiger partial charge in [0.1, 0.15) is 6.61 Å². The molecule has 26 heavy (non-hydrogen) atoms. The number of hydrogen-bond donors (Lipinski definition) is 1. The van der Waals surface area contributed by atoms with Crippen LogP contribution in [0.4, 0.5) is 11.4 Å². The van der Waals surface area contributed by atoms with E-state index in [4.69, 9.17) is 4.74 Å². The average Bonchev–Trinajstić information content (AvgIpc) is 2.67. The van der Waals surface area contributed by atoms with Gasteiger partial charge in [0.05, 0.1) is 6.61 Å². The van der Waals surface area contributed by atoms with Gasteiger partial charge in [-0.3, -0.25) is 9.59 Å². The van der Waals surface area contributed by atoms with Gasteiger partial charge in [0.2, 0.25) is 5.91 Å². The van der Waals surface area contributed by atoms with Crippen LogP contribution in [-0.2, 0) is 20.7 Å². The molecule has 5 nitrogen and oxygen atoms in total. The van der Waals surface area contributed by atoms with E-state index in [2.05, 4.69) is 17.4 Å². The first-order valence-electron chi connectivity index (χ1n) is 9.04. The summed E-state index contributed by atoms with van der Waals surface area (Å²) in [7, 11) is 0. The summed E-state index contributed by atoms with van der Waals surface area (Å²) in [6.45, 7) is 1.24. The SMILES string of the molecule is O=C(CCCCc1ccccc1)Nc1ccc(N2CCOCC2=O)cc1. The number of amides is 2. The quantitative estimate of drug-likeness (QED) is 0.777. The molecule has 0 atom stereocenters. The Morgan fingerprint density at radius 3 is 2.54 bits per heavy atom. The zero-order valence-corrected chi connectivity index (χ0v) is 14.8. The monoisotopic (exact) mass is 352 g/mol. The van der Waals surface area contributed by atoms with Crippen LogP contribution in [0.2, 0.25) is 0 Å². The minimum atomic E-state index is -0.0357. The van der Waals surface area contributed by atoms with Gasteiger partial charge in [-0.05, 0) is 49.1 Å². The molecule has 1 heterocycles. The largest absolute Gasteiger partial charge is 0.370 e. The average molecular weight is 352 g/mol. The van der Waals surface area contributed by atoms with Crippen LogP contribution in [0, 0.1) is 0 Å². The second-order valence-electron chi connectivity index (χ2n) is 6.39. The summed E-state index contributed by atoms with van der Waals surface area (Å²) in [6.07, 6.45) is 3.36. The molecule has 2 amide bonds. The van der Waals surface area contributed by atoms with Gasteiger partial charge in [-0.2, -0.15) is 0 Å². The molecule has 0 saturated carbocycles. The van der Waals surface area contributed by atoms with Crippen molar-refractivity contribution in [2.45, 2.75) is 25.7 Å². The second-order valence-corrected chi connectivity index (χ2v) is 6.39. The fourth-order valence-corrected chi connectivity index (χ4v) is 3.00. The second kappa shape index (κ2) is 9.15. The van der Waals surface area contributed by atoms with Gasteiger partial charge < -0.3 is 15.0 Å². The van der Waals surface area contributed by atoms with Gasteiger partial charge in [-0.1, -0.05) is 30.3 Å². The van der Waals surface area contributed by atoms with Gasteiger partial charge >= 0.3 is 0 Å². The molecule has 0 aliphatic carbocycles. The third kappa shape index (κ3) is 5.17. The number of nitrogens with one attached hydrogen (secondary N) is 1. The van der Waals surface area contributed by atoms with Crippen molar-refractivity contribution in [1.82, 2.24) is 0 Å². The number of rotatable bonds is 7. The number of benzene rings is 2. The molecule has 1 fully saturated rings. The van der Waals surface area contributed by atoms with Crippen molar-refractivity contribution in [1.29, 1.82) is 0 Å². The van der Waals surface area contributed by atoms with E-state index in [9.17, 15) is 9.59 Å². The topological polar surface area (TPSA) is 58.6 Å². The molecule has 1 saturated heterocycles. The molecule has 2 aromatic rings. The predicted molar refractivity (Wildman–Crippen MR) is 102 cm³/mol. The predicted octanol–water partition coefficient (Wildman–Crippen LogP) is 3.40. The molecule has 0 radical (unpaired) electrons. The lowest BCUT2D eigenvalue weighted by Gasteiger charge is -2.26. The maximum absolute atomic E-state index is 12.1. The number of ether oxygens (including phenoxy) is 1. The standard InChI is InChI=1S/C21H24N2O3/c24-20(9-5-4-8-17-6-2-1-3-7-17)22-18-10-12-19(13-11-18)23-14-15-26-16-21(23)25/h1-3,6-7,10-13H,4-5,8-9,14-16H2,(H,22,24). The normalized spacial score (nSPS) is 14.3. The zero-order valence-electron chi connectivity index (χ0n) is 14.8. The molecule has 1 N–H and O–H groups in total. The van der Waals surface area contributed by atoms with Crippen LogP contribution < -0.4 is 10.2 Å². The number of aryl methyl sites for hydroxylation is 1. The van der Waals surface area contributed by atoms with E-state index in [0.717, 1.165) is 30.6 Å². The Kier molecular flexibility index (Phi) is 6.39. The maximum Gasteiger partial charge on any atom is 0.253 e. The van der Waals surface area contributed by atoms with E-state index in [-0.39, 0.29) is 18.4 Å². The van der Waals surface area contributed by atoms with Gasteiger partial charge in [-0.25, -0.2) is 0 Å². The highest BCUT2D eigenvalue weighted by atomic mass is 16.5. The van der Waals surface area contributed by atoms with Crippen LogP contribution in [0.15, 0.2) is 54.6 Å². The lowest BCUT2D eigenvalue weighted by molar-refractivity contribution is -0.125. The molecular formula is C21H24N2O3. The summed E-state index contributed by atoms with van der Waals surface area (Å²) in [4.78, 5) is 25.6. The van der Waals surface area contributed by atoms with Crippen molar-refractivity contribution in [3.63, 3.8) is 0 Å². The van der Waals surface area contributed by atoms with E-state index >= 15 is 0 Å². The highest BCUT2D eigenvalue weighted by Crippen LogP contribution is 2.20. The molecule has 2 aromatic carbocycles. The third-order valence-electron chi connectivity index (χ3n) is 4.41. The maximum atomic E-state index is 12.1. The van der Waals surface area contributed by atoms with Gasteiger partial charge in [0.15, 0.2) is 0 Å². The lowest BCUT2D eigenvalue weighted by atomic mass is 10.1. The van der Waals surface area contributed by atoms with E-state index < -0.39 is 0 Å². The fraction of sp³-hybridized carbons (Fsp3) is 0.333. The highest BCUT2D eigenvalue weighted by molar-refractivity contribution is 5.95. The molecule has 136 valence electrons. The van der Waals surface area contributed by atoms with Crippen molar-refractivity contribution in [3.05, 3.63) is 60.2 Å². The molecular weight excluding hydrogens is 328 g/mol. The van der Waals surface area contributed by atoms with Crippen LogP contribution >= 0.6 is 0 Å². The number of unbranched alkanes of at least 4 members (excludes halogenated alkanes) is 1. The van der Waals surface area contributed by atoms with Crippen LogP contribution in [-0.4, -0.2) is 31.6 Å². The number of hydrogen-bond acceptors (Lipinski definition) is 3. The summed E-state index contributed by atoms with van der Waals surface area (Å²) in [6, 6.07) is 17.7. The summed E-state index contributed by atoms with van der Waals surface area (Å²) >= 11 is 0. The number of morpholine rings is 1. The molecule has 1 aliphatic heterocycles. The molecule has 5 heteroatoms. The van der Waals surface area contributed by atoms with E-state index in [0.29, 0.717) is 19.6 Å². The Morgan fingerprint density at radius 2 is 1.81 bits per heavy atom. The Morgan fingerprint density at radius 1 is 1.04 bits per heavy atom. The van der Waals surface area contributed by atoms with Crippen molar-refractivity contribution in [2.75, 3.05) is 30.0 Å². The fourth-order valence-electron chi connectivity index (χ4n) is 3.00.